The molecule has 2 N–H and O–H groups in total. The molecule has 116 valence electrons. The lowest BCUT2D eigenvalue weighted by molar-refractivity contribution is 0.0718. The van der Waals surface area contributed by atoms with E-state index in [4.69, 9.17) is 4.74 Å². The lowest BCUT2D eigenvalue weighted by atomic mass is 9.74. The van der Waals surface area contributed by atoms with Crippen molar-refractivity contribution >= 4 is 5.91 Å². The Morgan fingerprint density at radius 1 is 1.33 bits per heavy atom. The summed E-state index contributed by atoms with van der Waals surface area (Å²) in [5.74, 6) is -0.0775. The molecule has 4 nitrogen and oxygen atoms in total. The van der Waals surface area contributed by atoms with Crippen molar-refractivity contribution in [3.63, 3.8) is 0 Å². The summed E-state index contributed by atoms with van der Waals surface area (Å²) in [7, 11) is 1.64. The van der Waals surface area contributed by atoms with Gasteiger partial charge in [0.25, 0.3) is 5.91 Å². The first-order valence-electron chi connectivity index (χ1n) is 7.66. The van der Waals surface area contributed by atoms with Crippen LogP contribution in [0.3, 0.4) is 0 Å². The van der Waals surface area contributed by atoms with Gasteiger partial charge in [0.15, 0.2) is 0 Å². The van der Waals surface area contributed by atoms with E-state index >= 15 is 0 Å². The molecule has 1 aromatic rings. The van der Waals surface area contributed by atoms with Crippen molar-refractivity contribution in [1.82, 2.24) is 5.32 Å². The number of aliphatic hydroxyl groups excluding tert-OH is 1. The number of carbonyl (C=O) groups is 1. The summed E-state index contributed by atoms with van der Waals surface area (Å²) in [6, 6.07) is 7.47. The van der Waals surface area contributed by atoms with E-state index in [0.717, 1.165) is 31.2 Å². The number of aliphatic hydroxyl groups is 1. The maximum absolute atomic E-state index is 12.3. The van der Waals surface area contributed by atoms with E-state index in [9.17, 15) is 9.90 Å². The highest BCUT2D eigenvalue weighted by Gasteiger charge is 2.31. The van der Waals surface area contributed by atoms with Crippen LogP contribution in [0, 0.1) is 5.41 Å². The number of methoxy groups -OCH3 is 1. The largest absolute Gasteiger partial charge is 0.396 e. The van der Waals surface area contributed by atoms with Gasteiger partial charge in [0.1, 0.15) is 0 Å². The number of amides is 1. The molecule has 1 amide bonds. The molecule has 0 unspecified atom stereocenters. The SMILES string of the molecule is COCc1cccc(C(=O)NCC2(CO)CCCCC2)c1. The highest BCUT2D eigenvalue weighted by molar-refractivity contribution is 5.94. The Labute approximate surface area is 126 Å². The Kier molecular flexibility index (Phi) is 5.76. The summed E-state index contributed by atoms with van der Waals surface area (Å²) in [6.07, 6.45) is 5.50. The van der Waals surface area contributed by atoms with E-state index < -0.39 is 0 Å². The predicted octanol–water partition coefficient (Wildman–Crippen LogP) is 2.51. The van der Waals surface area contributed by atoms with Crippen molar-refractivity contribution in [2.45, 2.75) is 38.7 Å². The van der Waals surface area contributed by atoms with Crippen molar-refractivity contribution in [1.29, 1.82) is 0 Å². The molecular weight excluding hydrogens is 266 g/mol. The standard InChI is InChI=1S/C17H25NO3/c1-21-11-14-6-5-7-15(10-14)16(20)18-12-17(13-19)8-3-2-4-9-17/h5-7,10,19H,2-4,8-9,11-13H2,1H3,(H,18,20). The molecule has 0 heterocycles. The third-order valence-electron chi connectivity index (χ3n) is 4.37. The molecule has 1 aliphatic carbocycles. The van der Waals surface area contributed by atoms with Crippen LogP contribution in [0.1, 0.15) is 48.0 Å². The summed E-state index contributed by atoms with van der Waals surface area (Å²) in [5, 5.41) is 12.7. The van der Waals surface area contributed by atoms with Gasteiger partial charge in [-0.15, -0.1) is 0 Å². The molecule has 0 aromatic heterocycles. The molecule has 4 heteroatoms. The number of hydrogen-bond acceptors (Lipinski definition) is 3. The van der Waals surface area contributed by atoms with E-state index in [1.54, 1.807) is 13.2 Å². The van der Waals surface area contributed by atoms with Crippen LogP contribution < -0.4 is 5.32 Å². The van der Waals surface area contributed by atoms with Crippen molar-refractivity contribution in [3.05, 3.63) is 35.4 Å². The van der Waals surface area contributed by atoms with Crippen LogP contribution in [-0.4, -0.2) is 31.3 Å². The van der Waals surface area contributed by atoms with E-state index in [0.29, 0.717) is 18.7 Å². The van der Waals surface area contributed by atoms with E-state index in [-0.39, 0.29) is 17.9 Å². The first kappa shape index (κ1) is 16.0. The maximum atomic E-state index is 12.3. The van der Waals surface area contributed by atoms with Crippen LogP contribution in [0.2, 0.25) is 0 Å². The van der Waals surface area contributed by atoms with E-state index in [1.807, 2.05) is 18.2 Å². The maximum Gasteiger partial charge on any atom is 0.251 e. The Morgan fingerprint density at radius 3 is 2.76 bits per heavy atom. The molecule has 0 bridgehead atoms. The Morgan fingerprint density at radius 2 is 2.10 bits per heavy atom. The van der Waals surface area contributed by atoms with Crippen LogP contribution in [-0.2, 0) is 11.3 Å². The summed E-state index contributed by atoms with van der Waals surface area (Å²) in [4.78, 5) is 12.3. The van der Waals surface area contributed by atoms with Crippen molar-refractivity contribution in [2.24, 2.45) is 5.41 Å². The highest BCUT2D eigenvalue weighted by atomic mass is 16.5. The number of benzene rings is 1. The van der Waals surface area contributed by atoms with Crippen molar-refractivity contribution in [3.8, 4) is 0 Å². The van der Waals surface area contributed by atoms with E-state index in [2.05, 4.69) is 5.32 Å². The van der Waals surface area contributed by atoms with Gasteiger partial charge in [0, 0.05) is 24.6 Å². The fourth-order valence-electron chi connectivity index (χ4n) is 3.03. The molecule has 21 heavy (non-hydrogen) atoms. The average molecular weight is 291 g/mol. The van der Waals surface area contributed by atoms with Crippen LogP contribution in [0.4, 0.5) is 0 Å². The predicted molar refractivity (Wildman–Crippen MR) is 82.1 cm³/mol. The van der Waals surface area contributed by atoms with Gasteiger partial charge in [-0.3, -0.25) is 4.79 Å². The van der Waals surface area contributed by atoms with Crippen LogP contribution in [0.15, 0.2) is 24.3 Å². The first-order valence-corrected chi connectivity index (χ1v) is 7.66. The number of rotatable bonds is 6. The monoisotopic (exact) mass is 291 g/mol. The normalized spacial score (nSPS) is 17.4. The fraction of sp³-hybridized carbons (Fsp3) is 0.588. The van der Waals surface area contributed by atoms with Gasteiger partial charge < -0.3 is 15.2 Å². The van der Waals surface area contributed by atoms with Gasteiger partial charge in [-0.25, -0.2) is 0 Å². The molecule has 0 spiro atoms. The highest BCUT2D eigenvalue weighted by Crippen LogP contribution is 2.35. The second-order valence-corrected chi connectivity index (χ2v) is 6.03. The van der Waals surface area contributed by atoms with Crippen LogP contribution >= 0.6 is 0 Å². The van der Waals surface area contributed by atoms with E-state index in [1.165, 1.54) is 6.42 Å². The summed E-state index contributed by atoms with van der Waals surface area (Å²) in [6.45, 7) is 1.20. The summed E-state index contributed by atoms with van der Waals surface area (Å²) >= 11 is 0. The quantitative estimate of drug-likeness (QED) is 0.846. The minimum absolute atomic E-state index is 0.0775. The molecule has 1 fully saturated rings. The Balaban J connectivity index is 1.96. The summed E-state index contributed by atoms with van der Waals surface area (Å²) < 4.78 is 5.09. The van der Waals surface area contributed by atoms with Crippen molar-refractivity contribution in [2.75, 3.05) is 20.3 Å². The van der Waals surface area contributed by atoms with Gasteiger partial charge in [-0.1, -0.05) is 31.4 Å². The number of nitrogens with one attached hydrogen (secondary N) is 1. The molecule has 0 radical (unpaired) electrons. The summed E-state index contributed by atoms with van der Waals surface area (Å²) in [5.41, 5.74) is 1.51. The zero-order chi connectivity index (χ0) is 15.1. The average Bonchev–Trinajstić information content (AvgIpc) is 2.54. The topological polar surface area (TPSA) is 58.6 Å². The third kappa shape index (κ3) is 4.29. The Hall–Kier alpha value is -1.39. The zero-order valence-electron chi connectivity index (χ0n) is 12.7. The number of ether oxygens (including phenoxy) is 1. The second-order valence-electron chi connectivity index (χ2n) is 6.03. The lowest BCUT2D eigenvalue weighted by Crippen LogP contribution is -2.41. The molecule has 0 saturated heterocycles. The number of carbonyl (C=O) groups excluding carboxylic acids is 1. The minimum atomic E-state index is -0.127. The second kappa shape index (κ2) is 7.57. The molecule has 1 aliphatic rings. The smallest absolute Gasteiger partial charge is 0.251 e. The molecule has 1 aromatic carbocycles. The first-order chi connectivity index (χ1) is 10.2. The number of hydrogen-bond donors (Lipinski definition) is 2. The van der Waals surface area contributed by atoms with Gasteiger partial charge in [0.05, 0.1) is 13.2 Å². The van der Waals surface area contributed by atoms with Crippen LogP contribution in [0.25, 0.3) is 0 Å². The molecule has 2 rings (SSSR count). The van der Waals surface area contributed by atoms with Gasteiger partial charge >= 0.3 is 0 Å². The van der Waals surface area contributed by atoms with Crippen molar-refractivity contribution < 1.29 is 14.6 Å². The molecule has 0 atom stereocenters. The molecule has 1 saturated carbocycles. The molecule has 0 aliphatic heterocycles. The van der Waals surface area contributed by atoms with Gasteiger partial charge in [-0.2, -0.15) is 0 Å². The third-order valence-corrected chi connectivity index (χ3v) is 4.37. The van der Waals surface area contributed by atoms with Gasteiger partial charge in [0.2, 0.25) is 0 Å². The zero-order valence-corrected chi connectivity index (χ0v) is 12.7. The lowest BCUT2D eigenvalue weighted by Gasteiger charge is -2.35. The van der Waals surface area contributed by atoms with Crippen LogP contribution in [0.5, 0.6) is 0 Å². The Bertz CT molecular complexity index is 467. The van der Waals surface area contributed by atoms with Gasteiger partial charge in [-0.05, 0) is 30.5 Å². The minimum Gasteiger partial charge on any atom is -0.396 e. The fourth-order valence-corrected chi connectivity index (χ4v) is 3.03. The molecular formula is C17H25NO3.